The summed E-state index contributed by atoms with van der Waals surface area (Å²) in [7, 11) is 0. The largest absolute Gasteiger partial charge is 0.381 e. The van der Waals surface area contributed by atoms with Crippen molar-refractivity contribution in [3.8, 4) is 0 Å². The highest BCUT2D eigenvalue weighted by atomic mass is 19.1. The monoisotopic (exact) mass is 403 g/mol. The van der Waals surface area contributed by atoms with Crippen LogP contribution in [0.3, 0.4) is 0 Å². The smallest absolute Gasteiger partial charge is 0.123 e. The van der Waals surface area contributed by atoms with Crippen LogP contribution in [0.25, 0.3) is 0 Å². The molecule has 1 unspecified atom stereocenters. The van der Waals surface area contributed by atoms with Crippen molar-refractivity contribution in [2.75, 3.05) is 59.0 Å². The molecular formula is C24H38FN3O. The summed E-state index contributed by atoms with van der Waals surface area (Å²) in [5, 5.41) is 0. The van der Waals surface area contributed by atoms with Gasteiger partial charge in [0.15, 0.2) is 0 Å². The molecule has 0 N–H and O–H groups in total. The second-order valence-corrected chi connectivity index (χ2v) is 9.28. The fourth-order valence-electron chi connectivity index (χ4n) is 5.27. The van der Waals surface area contributed by atoms with Crippen molar-refractivity contribution in [3.05, 3.63) is 35.6 Å². The minimum Gasteiger partial charge on any atom is -0.381 e. The van der Waals surface area contributed by atoms with Crippen LogP contribution in [0.15, 0.2) is 24.3 Å². The van der Waals surface area contributed by atoms with E-state index in [0.29, 0.717) is 12.0 Å². The van der Waals surface area contributed by atoms with Crippen LogP contribution in [0.2, 0.25) is 0 Å². The van der Waals surface area contributed by atoms with Gasteiger partial charge in [-0.3, -0.25) is 9.80 Å². The Hall–Kier alpha value is -1.01. The van der Waals surface area contributed by atoms with Gasteiger partial charge in [-0.05, 0) is 68.8 Å². The number of fused-ring (bicyclic) bond motifs is 1. The van der Waals surface area contributed by atoms with E-state index in [0.717, 1.165) is 39.4 Å². The summed E-state index contributed by atoms with van der Waals surface area (Å²) in [5.41, 5.74) is 1.21. The molecule has 0 aliphatic carbocycles. The molecule has 3 heterocycles. The Kier molecular flexibility index (Phi) is 7.94. The number of hydrogen-bond acceptors (Lipinski definition) is 4. The molecule has 3 fully saturated rings. The standard InChI is InChI=1S/C24H38FN3O/c25-23-8-5-21(6-9-23)17-27-14-15-28-18-22(7-10-24(28)19-27)20-29-16-4-13-26-11-2-1-3-12-26/h5-6,8-9,22,24H,1-4,7,10-20H2/t22?,24-/m0/s1. The van der Waals surface area contributed by atoms with Crippen molar-refractivity contribution < 1.29 is 9.13 Å². The highest BCUT2D eigenvalue weighted by molar-refractivity contribution is 5.16. The van der Waals surface area contributed by atoms with Crippen LogP contribution in [0.5, 0.6) is 0 Å². The molecule has 3 saturated heterocycles. The van der Waals surface area contributed by atoms with Gasteiger partial charge in [0, 0.05) is 51.9 Å². The zero-order valence-corrected chi connectivity index (χ0v) is 17.9. The first-order valence-corrected chi connectivity index (χ1v) is 11.8. The number of nitrogens with zero attached hydrogens (tertiary/aromatic N) is 3. The van der Waals surface area contributed by atoms with Crippen molar-refractivity contribution in [1.82, 2.24) is 14.7 Å². The maximum Gasteiger partial charge on any atom is 0.123 e. The SMILES string of the molecule is Fc1ccc(CN2CCN3CC(COCCCN4CCCCC4)CC[C@H]3C2)cc1. The first-order valence-electron chi connectivity index (χ1n) is 11.8. The predicted molar refractivity (Wildman–Crippen MR) is 115 cm³/mol. The van der Waals surface area contributed by atoms with E-state index in [1.807, 2.05) is 12.1 Å². The Labute approximate surface area is 176 Å². The van der Waals surface area contributed by atoms with E-state index in [1.54, 1.807) is 12.1 Å². The van der Waals surface area contributed by atoms with E-state index in [2.05, 4.69) is 14.7 Å². The van der Waals surface area contributed by atoms with Crippen molar-refractivity contribution in [3.63, 3.8) is 0 Å². The lowest BCUT2D eigenvalue weighted by Gasteiger charge is -2.46. The Bertz CT molecular complexity index is 605. The number of piperidine rings is 2. The second-order valence-electron chi connectivity index (χ2n) is 9.28. The van der Waals surface area contributed by atoms with Gasteiger partial charge in [0.05, 0.1) is 6.61 Å². The molecule has 5 heteroatoms. The van der Waals surface area contributed by atoms with E-state index in [1.165, 1.54) is 70.3 Å². The van der Waals surface area contributed by atoms with Crippen LogP contribution in [-0.4, -0.2) is 79.8 Å². The molecule has 4 rings (SSSR count). The molecule has 0 radical (unpaired) electrons. The highest BCUT2D eigenvalue weighted by Crippen LogP contribution is 2.26. The van der Waals surface area contributed by atoms with E-state index >= 15 is 0 Å². The third kappa shape index (κ3) is 6.48. The molecule has 3 aliphatic rings. The summed E-state index contributed by atoms with van der Waals surface area (Å²) in [6, 6.07) is 7.66. The Morgan fingerprint density at radius 1 is 0.897 bits per heavy atom. The van der Waals surface area contributed by atoms with Gasteiger partial charge in [-0.1, -0.05) is 18.6 Å². The zero-order chi connectivity index (χ0) is 19.9. The molecule has 2 atom stereocenters. The van der Waals surface area contributed by atoms with Crippen LogP contribution in [0, 0.1) is 11.7 Å². The lowest BCUT2D eigenvalue weighted by Crippen LogP contribution is -2.56. The summed E-state index contributed by atoms with van der Waals surface area (Å²) in [5.74, 6) is 0.551. The van der Waals surface area contributed by atoms with E-state index in [4.69, 9.17) is 4.74 Å². The molecular weight excluding hydrogens is 365 g/mol. The number of ether oxygens (including phenoxy) is 1. The van der Waals surface area contributed by atoms with Crippen LogP contribution < -0.4 is 0 Å². The topological polar surface area (TPSA) is 19.0 Å². The van der Waals surface area contributed by atoms with Gasteiger partial charge >= 0.3 is 0 Å². The maximum absolute atomic E-state index is 13.1. The average Bonchev–Trinajstić information content (AvgIpc) is 2.76. The van der Waals surface area contributed by atoms with Crippen LogP contribution in [0.4, 0.5) is 4.39 Å². The molecule has 0 spiro atoms. The van der Waals surface area contributed by atoms with Gasteiger partial charge in [0.2, 0.25) is 0 Å². The summed E-state index contributed by atoms with van der Waals surface area (Å²) >= 11 is 0. The van der Waals surface area contributed by atoms with Crippen molar-refractivity contribution >= 4 is 0 Å². The average molecular weight is 404 g/mol. The van der Waals surface area contributed by atoms with Crippen molar-refractivity contribution in [1.29, 1.82) is 0 Å². The van der Waals surface area contributed by atoms with Gasteiger partial charge in [0.25, 0.3) is 0 Å². The van der Waals surface area contributed by atoms with Gasteiger partial charge in [-0.15, -0.1) is 0 Å². The number of halogens is 1. The Morgan fingerprint density at radius 3 is 2.55 bits per heavy atom. The van der Waals surface area contributed by atoms with E-state index in [9.17, 15) is 4.39 Å². The van der Waals surface area contributed by atoms with Gasteiger partial charge in [-0.25, -0.2) is 4.39 Å². The summed E-state index contributed by atoms with van der Waals surface area (Å²) in [6.45, 7) is 11.2. The van der Waals surface area contributed by atoms with Crippen molar-refractivity contribution in [2.45, 2.75) is 51.1 Å². The lowest BCUT2D eigenvalue weighted by molar-refractivity contribution is -0.00316. The number of hydrogen-bond donors (Lipinski definition) is 0. The quantitative estimate of drug-likeness (QED) is 0.617. The van der Waals surface area contributed by atoms with Gasteiger partial charge in [-0.2, -0.15) is 0 Å². The first-order chi connectivity index (χ1) is 14.3. The van der Waals surface area contributed by atoms with Gasteiger partial charge < -0.3 is 9.64 Å². The van der Waals surface area contributed by atoms with Crippen LogP contribution in [-0.2, 0) is 11.3 Å². The van der Waals surface area contributed by atoms with E-state index in [-0.39, 0.29) is 5.82 Å². The highest BCUT2D eigenvalue weighted by Gasteiger charge is 2.32. The second kappa shape index (κ2) is 10.9. The molecule has 1 aromatic rings. The third-order valence-electron chi connectivity index (χ3n) is 6.97. The lowest BCUT2D eigenvalue weighted by atomic mass is 9.91. The summed E-state index contributed by atoms with van der Waals surface area (Å²) < 4.78 is 19.2. The molecule has 0 bridgehead atoms. The number of rotatable bonds is 8. The predicted octanol–water partition coefficient (Wildman–Crippen LogP) is 3.61. The van der Waals surface area contributed by atoms with Crippen LogP contribution in [0.1, 0.15) is 44.1 Å². The molecule has 4 nitrogen and oxygen atoms in total. The minimum absolute atomic E-state index is 0.148. The molecule has 3 aliphatic heterocycles. The molecule has 0 amide bonds. The summed E-state index contributed by atoms with van der Waals surface area (Å²) in [4.78, 5) is 7.82. The van der Waals surface area contributed by atoms with Crippen LogP contribution >= 0.6 is 0 Å². The number of likely N-dealkylation sites (tertiary alicyclic amines) is 1. The maximum atomic E-state index is 13.1. The minimum atomic E-state index is -0.148. The van der Waals surface area contributed by atoms with Crippen molar-refractivity contribution in [2.24, 2.45) is 5.92 Å². The zero-order valence-electron chi connectivity index (χ0n) is 17.9. The fourth-order valence-corrected chi connectivity index (χ4v) is 5.27. The third-order valence-corrected chi connectivity index (χ3v) is 6.97. The normalized spacial score (nSPS) is 27.1. The Morgan fingerprint density at radius 2 is 1.72 bits per heavy atom. The van der Waals surface area contributed by atoms with E-state index < -0.39 is 0 Å². The first kappa shape index (κ1) is 21.2. The number of benzene rings is 1. The Balaban J connectivity index is 1.11. The molecule has 29 heavy (non-hydrogen) atoms. The number of piperazine rings is 1. The molecule has 1 aromatic carbocycles. The molecule has 0 aromatic heterocycles. The fraction of sp³-hybridized carbons (Fsp3) is 0.750. The molecule has 0 saturated carbocycles. The van der Waals surface area contributed by atoms with Gasteiger partial charge in [0.1, 0.15) is 5.82 Å². The summed E-state index contributed by atoms with van der Waals surface area (Å²) in [6.07, 6.45) is 7.91. The molecule has 162 valence electrons.